The number of aromatic hydroxyl groups is 1. The summed E-state index contributed by atoms with van der Waals surface area (Å²) in [6.45, 7) is 2.47. The second kappa shape index (κ2) is 8.95. The molecule has 0 unspecified atom stereocenters. The van der Waals surface area contributed by atoms with Crippen LogP contribution < -0.4 is 10.9 Å². The van der Waals surface area contributed by atoms with Gasteiger partial charge in [-0.3, -0.25) is 14.4 Å². The average molecular weight is 370 g/mol. The highest BCUT2D eigenvalue weighted by atomic mass is 16.5. The van der Waals surface area contributed by atoms with Crippen molar-refractivity contribution in [1.82, 2.24) is 9.88 Å². The van der Waals surface area contributed by atoms with E-state index in [9.17, 15) is 19.5 Å². The molecular formula is C20H22N2O5. The molecule has 142 valence electrons. The Balaban J connectivity index is 2.20. The summed E-state index contributed by atoms with van der Waals surface area (Å²) >= 11 is 0. The third kappa shape index (κ3) is 4.92. The summed E-state index contributed by atoms with van der Waals surface area (Å²) in [5, 5.41) is 12.7. The van der Waals surface area contributed by atoms with Gasteiger partial charge in [0.1, 0.15) is 11.3 Å². The maximum Gasteiger partial charge on any atom is 0.265 e. The van der Waals surface area contributed by atoms with Crippen molar-refractivity contribution < 1.29 is 19.4 Å². The Morgan fingerprint density at radius 3 is 2.74 bits per heavy atom. The molecule has 0 bridgehead atoms. The van der Waals surface area contributed by atoms with E-state index < -0.39 is 11.3 Å². The maximum absolute atomic E-state index is 12.4. The van der Waals surface area contributed by atoms with Gasteiger partial charge in [-0.1, -0.05) is 18.2 Å². The largest absolute Gasteiger partial charge is 0.507 e. The van der Waals surface area contributed by atoms with Crippen LogP contribution in [0.3, 0.4) is 0 Å². The molecule has 0 fully saturated rings. The number of nitrogens with one attached hydrogen (secondary N) is 1. The van der Waals surface area contributed by atoms with Crippen LogP contribution >= 0.6 is 0 Å². The number of ketones is 1. The van der Waals surface area contributed by atoms with Crippen LogP contribution in [0.2, 0.25) is 0 Å². The van der Waals surface area contributed by atoms with Gasteiger partial charge in [0.05, 0.1) is 6.61 Å². The molecular weight excluding hydrogens is 348 g/mol. The number of aryl methyl sites for hydroxylation is 1. The molecule has 1 amide bonds. The van der Waals surface area contributed by atoms with E-state index in [1.807, 2.05) is 0 Å². The van der Waals surface area contributed by atoms with Crippen molar-refractivity contribution in [3.63, 3.8) is 0 Å². The molecule has 2 aromatic rings. The number of aromatic nitrogens is 1. The van der Waals surface area contributed by atoms with Gasteiger partial charge in [-0.2, -0.15) is 0 Å². The van der Waals surface area contributed by atoms with E-state index >= 15 is 0 Å². The van der Waals surface area contributed by atoms with Crippen molar-refractivity contribution in [2.24, 2.45) is 7.05 Å². The van der Waals surface area contributed by atoms with Gasteiger partial charge in [-0.25, -0.2) is 0 Å². The molecule has 0 saturated heterocycles. The number of rotatable bonds is 7. The SMILES string of the molecule is COCCNC(=O)c1cccc(/C=C/C(=O)c2c(O)cc(C)n(C)c2=O)c1. The highest BCUT2D eigenvalue weighted by Crippen LogP contribution is 2.16. The minimum absolute atomic E-state index is 0.251. The Bertz CT molecular complexity index is 944. The van der Waals surface area contributed by atoms with E-state index in [0.29, 0.717) is 30.0 Å². The number of hydrogen-bond acceptors (Lipinski definition) is 5. The van der Waals surface area contributed by atoms with Gasteiger partial charge in [0, 0.05) is 38.0 Å². The molecule has 1 aromatic carbocycles. The Morgan fingerprint density at radius 1 is 1.30 bits per heavy atom. The highest BCUT2D eigenvalue weighted by Gasteiger charge is 2.16. The van der Waals surface area contributed by atoms with E-state index in [4.69, 9.17) is 4.74 Å². The average Bonchev–Trinajstić information content (AvgIpc) is 2.65. The Labute approximate surface area is 156 Å². The molecule has 0 aliphatic rings. The normalized spacial score (nSPS) is 10.9. The van der Waals surface area contributed by atoms with E-state index in [-0.39, 0.29) is 17.2 Å². The van der Waals surface area contributed by atoms with Crippen LogP contribution in [0.5, 0.6) is 5.75 Å². The number of carbonyl (C=O) groups excluding carboxylic acids is 2. The molecule has 27 heavy (non-hydrogen) atoms. The minimum Gasteiger partial charge on any atom is -0.507 e. The lowest BCUT2D eigenvalue weighted by atomic mass is 10.1. The first kappa shape index (κ1) is 20.1. The number of nitrogens with zero attached hydrogens (tertiary/aromatic N) is 1. The fourth-order valence-electron chi connectivity index (χ4n) is 2.44. The molecule has 0 spiro atoms. The van der Waals surface area contributed by atoms with Crippen molar-refractivity contribution in [3.05, 3.63) is 69.1 Å². The van der Waals surface area contributed by atoms with Gasteiger partial charge in [-0.05, 0) is 30.7 Å². The molecule has 7 heteroatoms. The third-order valence-corrected chi connectivity index (χ3v) is 4.06. The summed E-state index contributed by atoms with van der Waals surface area (Å²) < 4.78 is 6.18. The zero-order valence-corrected chi connectivity index (χ0v) is 15.5. The monoisotopic (exact) mass is 370 g/mol. The number of ether oxygens (including phenoxy) is 1. The molecule has 1 heterocycles. The van der Waals surface area contributed by atoms with Crippen LogP contribution in [0.4, 0.5) is 0 Å². The standard InChI is InChI=1S/C20H22N2O5/c1-13-11-17(24)18(20(26)22(13)2)16(23)8-7-14-5-4-6-15(12-14)19(25)21-9-10-27-3/h4-8,11-12,24H,9-10H2,1-3H3,(H,21,25)/b8-7+. The van der Waals surface area contributed by atoms with Gasteiger partial charge in [0.2, 0.25) is 0 Å². The van der Waals surface area contributed by atoms with E-state index in [1.165, 1.54) is 29.8 Å². The van der Waals surface area contributed by atoms with Gasteiger partial charge in [-0.15, -0.1) is 0 Å². The molecule has 7 nitrogen and oxygen atoms in total. The van der Waals surface area contributed by atoms with Crippen molar-refractivity contribution in [1.29, 1.82) is 0 Å². The minimum atomic E-state index is -0.608. The summed E-state index contributed by atoms with van der Waals surface area (Å²) in [5.74, 6) is -1.21. The van der Waals surface area contributed by atoms with Gasteiger partial charge >= 0.3 is 0 Å². The number of allylic oxidation sites excluding steroid dienone is 1. The number of benzene rings is 1. The van der Waals surface area contributed by atoms with Crippen LogP contribution in [0.15, 0.2) is 41.2 Å². The Hall–Kier alpha value is -3.19. The van der Waals surface area contributed by atoms with E-state index in [2.05, 4.69) is 5.32 Å². The second-order valence-electron chi connectivity index (χ2n) is 5.98. The smallest absolute Gasteiger partial charge is 0.265 e. The fourth-order valence-corrected chi connectivity index (χ4v) is 2.44. The zero-order valence-electron chi connectivity index (χ0n) is 15.5. The quantitative estimate of drug-likeness (QED) is 0.439. The molecule has 0 atom stereocenters. The lowest BCUT2D eigenvalue weighted by Crippen LogP contribution is -2.26. The van der Waals surface area contributed by atoms with Crippen molar-refractivity contribution in [3.8, 4) is 5.75 Å². The summed E-state index contributed by atoms with van der Waals surface area (Å²) in [6.07, 6.45) is 2.70. The van der Waals surface area contributed by atoms with Crippen LogP contribution in [-0.4, -0.2) is 41.6 Å². The van der Waals surface area contributed by atoms with Gasteiger partial charge in [0.25, 0.3) is 11.5 Å². The van der Waals surface area contributed by atoms with Crippen molar-refractivity contribution >= 4 is 17.8 Å². The molecule has 2 rings (SSSR count). The third-order valence-electron chi connectivity index (χ3n) is 4.06. The van der Waals surface area contributed by atoms with E-state index in [0.717, 1.165) is 0 Å². The van der Waals surface area contributed by atoms with Crippen LogP contribution in [0, 0.1) is 6.92 Å². The molecule has 0 aliphatic carbocycles. The number of methoxy groups -OCH3 is 1. The first-order valence-electron chi connectivity index (χ1n) is 8.34. The molecule has 0 aliphatic heterocycles. The van der Waals surface area contributed by atoms with Crippen molar-refractivity contribution in [2.75, 3.05) is 20.3 Å². The maximum atomic E-state index is 12.4. The first-order valence-corrected chi connectivity index (χ1v) is 8.34. The number of carbonyl (C=O) groups is 2. The summed E-state index contributed by atoms with van der Waals surface area (Å²) in [7, 11) is 3.08. The topological polar surface area (TPSA) is 97.6 Å². The molecule has 2 N–H and O–H groups in total. The molecule has 1 aromatic heterocycles. The van der Waals surface area contributed by atoms with Crippen LogP contribution in [0.1, 0.15) is 32.0 Å². The number of pyridine rings is 1. The number of hydrogen-bond donors (Lipinski definition) is 2. The second-order valence-corrected chi connectivity index (χ2v) is 5.98. The summed E-state index contributed by atoms with van der Waals surface area (Å²) in [6, 6.07) is 8.07. The zero-order chi connectivity index (χ0) is 20.0. The summed E-state index contributed by atoms with van der Waals surface area (Å²) in [4.78, 5) is 36.6. The Morgan fingerprint density at radius 2 is 2.04 bits per heavy atom. The highest BCUT2D eigenvalue weighted by molar-refractivity contribution is 6.08. The Kier molecular flexibility index (Phi) is 6.67. The molecule has 0 radical (unpaired) electrons. The predicted octanol–water partition coefficient (Wildman–Crippen LogP) is 1.67. The van der Waals surface area contributed by atoms with Gasteiger partial charge in [0.15, 0.2) is 5.78 Å². The predicted molar refractivity (Wildman–Crippen MR) is 102 cm³/mol. The lowest BCUT2D eigenvalue weighted by molar-refractivity contribution is 0.0936. The van der Waals surface area contributed by atoms with E-state index in [1.54, 1.807) is 38.3 Å². The van der Waals surface area contributed by atoms with Crippen LogP contribution in [-0.2, 0) is 11.8 Å². The first-order chi connectivity index (χ1) is 12.8. The lowest BCUT2D eigenvalue weighted by Gasteiger charge is -2.07. The summed E-state index contributed by atoms with van der Waals surface area (Å²) in [5.41, 5.74) is 0.757. The van der Waals surface area contributed by atoms with Gasteiger partial charge < -0.3 is 19.7 Å². The van der Waals surface area contributed by atoms with Crippen LogP contribution in [0.25, 0.3) is 6.08 Å². The molecule has 0 saturated carbocycles. The fraction of sp³-hybridized carbons (Fsp3) is 0.250. The van der Waals surface area contributed by atoms with Crippen molar-refractivity contribution in [2.45, 2.75) is 6.92 Å². The number of amides is 1.